The molecule has 2 rings (SSSR count). The Labute approximate surface area is 109 Å². The molecule has 0 unspecified atom stereocenters. The summed E-state index contributed by atoms with van der Waals surface area (Å²) in [6.45, 7) is 7.17. The van der Waals surface area contributed by atoms with Crippen LogP contribution in [0.4, 0.5) is 0 Å². The first-order chi connectivity index (χ1) is 8.55. The van der Waals surface area contributed by atoms with E-state index in [0.717, 1.165) is 5.75 Å². The third kappa shape index (κ3) is 3.36. The van der Waals surface area contributed by atoms with Gasteiger partial charge in [-0.3, -0.25) is 0 Å². The SMILES string of the molecule is CC(C)(C)c1c[c]c(OCc2ccccc2)cc1. The van der Waals surface area contributed by atoms with Crippen molar-refractivity contribution < 1.29 is 4.74 Å². The van der Waals surface area contributed by atoms with Gasteiger partial charge in [-0.05, 0) is 28.7 Å². The predicted molar refractivity (Wildman–Crippen MR) is 74.8 cm³/mol. The van der Waals surface area contributed by atoms with Gasteiger partial charge in [-0.25, -0.2) is 0 Å². The van der Waals surface area contributed by atoms with Crippen LogP contribution in [0.5, 0.6) is 5.75 Å². The fraction of sp³-hybridized carbons (Fsp3) is 0.294. The Kier molecular flexibility index (Phi) is 3.71. The fourth-order valence-electron chi connectivity index (χ4n) is 1.70. The molecule has 0 aliphatic rings. The van der Waals surface area contributed by atoms with Crippen LogP contribution < -0.4 is 4.74 Å². The summed E-state index contributed by atoms with van der Waals surface area (Å²) in [4.78, 5) is 0. The molecule has 0 heterocycles. The van der Waals surface area contributed by atoms with E-state index in [1.54, 1.807) is 0 Å². The van der Waals surface area contributed by atoms with E-state index in [9.17, 15) is 0 Å². The summed E-state index contributed by atoms with van der Waals surface area (Å²) in [5, 5.41) is 0. The molecular weight excluding hydrogens is 220 g/mol. The largest absolute Gasteiger partial charge is 0.488 e. The van der Waals surface area contributed by atoms with Crippen LogP contribution >= 0.6 is 0 Å². The Balaban J connectivity index is 1.99. The zero-order valence-corrected chi connectivity index (χ0v) is 11.2. The van der Waals surface area contributed by atoms with Crippen molar-refractivity contribution in [3.63, 3.8) is 0 Å². The minimum atomic E-state index is 0.161. The lowest BCUT2D eigenvalue weighted by atomic mass is 9.87. The first kappa shape index (κ1) is 12.7. The first-order valence-electron chi connectivity index (χ1n) is 6.25. The predicted octanol–water partition coefficient (Wildman–Crippen LogP) is 4.36. The lowest BCUT2D eigenvalue weighted by molar-refractivity contribution is 0.305. The van der Waals surface area contributed by atoms with Crippen molar-refractivity contribution >= 4 is 0 Å². The summed E-state index contributed by atoms with van der Waals surface area (Å²) in [6.07, 6.45) is 0. The molecule has 18 heavy (non-hydrogen) atoms. The van der Waals surface area contributed by atoms with E-state index >= 15 is 0 Å². The third-order valence-corrected chi connectivity index (χ3v) is 2.89. The molecule has 1 radical (unpaired) electrons. The Bertz CT molecular complexity index is 477. The Morgan fingerprint density at radius 3 is 2.28 bits per heavy atom. The molecule has 1 nitrogen and oxygen atoms in total. The second-order valence-corrected chi connectivity index (χ2v) is 5.47. The van der Waals surface area contributed by atoms with Gasteiger partial charge in [0.05, 0.1) is 0 Å². The smallest absolute Gasteiger partial charge is 0.127 e. The van der Waals surface area contributed by atoms with Crippen LogP contribution in [0.25, 0.3) is 0 Å². The Morgan fingerprint density at radius 1 is 1.00 bits per heavy atom. The second kappa shape index (κ2) is 5.26. The Hall–Kier alpha value is -1.76. The minimum absolute atomic E-state index is 0.161. The van der Waals surface area contributed by atoms with Crippen molar-refractivity contribution in [2.24, 2.45) is 0 Å². The molecule has 0 aromatic heterocycles. The van der Waals surface area contributed by atoms with E-state index in [1.165, 1.54) is 11.1 Å². The summed E-state index contributed by atoms with van der Waals surface area (Å²) >= 11 is 0. The molecule has 0 aliphatic carbocycles. The maximum absolute atomic E-state index is 5.70. The number of hydrogen-bond donors (Lipinski definition) is 0. The molecule has 0 bridgehead atoms. The Morgan fingerprint density at radius 2 is 1.72 bits per heavy atom. The van der Waals surface area contributed by atoms with E-state index < -0.39 is 0 Å². The van der Waals surface area contributed by atoms with Crippen molar-refractivity contribution in [1.29, 1.82) is 0 Å². The first-order valence-corrected chi connectivity index (χ1v) is 6.25. The van der Waals surface area contributed by atoms with Crippen molar-refractivity contribution in [3.8, 4) is 5.75 Å². The average Bonchev–Trinajstić information content (AvgIpc) is 2.37. The molecule has 0 saturated carbocycles. The van der Waals surface area contributed by atoms with Crippen LogP contribution in [0.2, 0.25) is 0 Å². The highest BCUT2D eigenvalue weighted by molar-refractivity contribution is 5.30. The van der Waals surface area contributed by atoms with Gasteiger partial charge >= 0.3 is 0 Å². The van der Waals surface area contributed by atoms with Gasteiger partial charge in [-0.15, -0.1) is 0 Å². The van der Waals surface area contributed by atoms with Gasteiger partial charge in [0.2, 0.25) is 0 Å². The molecule has 2 aromatic rings. The monoisotopic (exact) mass is 239 g/mol. The van der Waals surface area contributed by atoms with Crippen LogP contribution in [0.1, 0.15) is 31.9 Å². The summed E-state index contributed by atoms with van der Waals surface area (Å²) in [5.41, 5.74) is 2.61. The van der Waals surface area contributed by atoms with Gasteiger partial charge in [0, 0.05) is 6.07 Å². The molecule has 0 spiro atoms. The maximum atomic E-state index is 5.70. The van der Waals surface area contributed by atoms with Gasteiger partial charge in [-0.2, -0.15) is 0 Å². The number of hydrogen-bond acceptors (Lipinski definition) is 1. The molecule has 0 aliphatic heterocycles. The van der Waals surface area contributed by atoms with Crippen molar-refractivity contribution in [3.05, 3.63) is 65.7 Å². The van der Waals surface area contributed by atoms with Crippen molar-refractivity contribution in [1.82, 2.24) is 0 Å². The lowest BCUT2D eigenvalue weighted by Gasteiger charge is -2.19. The fourth-order valence-corrected chi connectivity index (χ4v) is 1.70. The van der Waals surface area contributed by atoms with Gasteiger partial charge in [0.15, 0.2) is 0 Å². The van der Waals surface area contributed by atoms with Crippen molar-refractivity contribution in [2.75, 3.05) is 0 Å². The van der Waals surface area contributed by atoms with Gasteiger partial charge < -0.3 is 4.74 Å². The maximum Gasteiger partial charge on any atom is 0.127 e. The highest BCUT2D eigenvalue weighted by atomic mass is 16.5. The normalized spacial score (nSPS) is 11.3. The second-order valence-electron chi connectivity index (χ2n) is 5.47. The summed E-state index contributed by atoms with van der Waals surface area (Å²) in [5.74, 6) is 0.798. The molecule has 1 heteroatoms. The quantitative estimate of drug-likeness (QED) is 0.773. The summed E-state index contributed by atoms with van der Waals surface area (Å²) < 4.78 is 5.70. The van der Waals surface area contributed by atoms with Crippen molar-refractivity contribution in [2.45, 2.75) is 32.8 Å². The van der Waals surface area contributed by atoms with Crippen LogP contribution in [0, 0.1) is 6.07 Å². The summed E-state index contributed by atoms with van der Waals surface area (Å²) in [7, 11) is 0. The van der Waals surface area contributed by atoms with Gasteiger partial charge in [-0.1, -0.05) is 57.2 Å². The molecule has 0 saturated heterocycles. The number of ether oxygens (including phenoxy) is 1. The standard InChI is InChI=1S/C17H19O/c1-17(2,3)15-9-11-16(12-10-15)18-13-14-7-5-4-6-8-14/h4-11H,13H2,1-3H3. The number of rotatable bonds is 3. The molecule has 2 aromatic carbocycles. The zero-order valence-electron chi connectivity index (χ0n) is 11.2. The van der Waals surface area contributed by atoms with E-state index in [2.05, 4.69) is 45.0 Å². The molecule has 0 amide bonds. The van der Waals surface area contributed by atoms with E-state index in [0.29, 0.717) is 6.61 Å². The molecular formula is C17H19O. The van der Waals surface area contributed by atoms with Crippen LogP contribution in [0.15, 0.2) is 48.5 Å². The average molecular weight is 239 g/mol. The molecule has 93 valence electrons. The summed E-state index contributed by atoms with van der Waals surface area (Å²) in [6, 6.07) is 19.5. The van der Waals surface area contributed by atoms with E-state index in [4.69, 9.17) is 4.74 Å². The minimum Gasteiger partial charge on any atom is -0.488 e. The number of benzene rings is 2. The van der Waals surface area contributed by atoms with E-state index in [-0.39, 0.29) is 5.41 Å². The molecule has 0 N–H and O–H groups in total. The lowest BCUT2D eigenvalue weighted by Crippen LogP contribution is -2.10. The zero-order chi connectivity index (χ0) is 13.0. The van der Waals surface area contributed by atoms with Crippen LogP contribution in [-0.2, 0) is 12.0 Å². The highest BCUT2D eigenvalue weighted by Gasteiger charge is 2.13. The van der Waals surface area contributed by atoms with Crippen LogP contribution in [-0.4, -0.2) is 0 Å². The van der Waals surface area contributed by atoms with Gasteiger partial charge in [0.1, 0.15) is 12.4 Å². The highest BCUT2D eigenvalue weighted by Crippen LogP contribution is 2.24. The van der Waals surface area contributed by atoms with E-state index in [1.807, 2.05) is 30.3 Å². The topological polar surface area (TPSA) is 9.23 Å². The molecule has 0 atom stereocenters. The van der Waals surface area contributed by atoms with Gasteiger partial charge in [0.25, 0.3) is 0 Å². The molecule has 0 fully saturated rings. The van der Waals surface area contributed by atoms with Crippen LogP contribution in [0.3, 0.4) is 0 Å². The third-order valence-electron chi connectivity index (χ3n) is 2.89.